The molecule has 1 aliphatic heterocycles. The maximum atomic E-state index is 12.0. The van der Waals surface area contributed by atoms with E-state index in [2.05, 4.69) is 10.2 Å². The van der Waals surface area contributed by atoms with Crippen LogP contribution in [0.15, 0.2) is 24.3 Å². The summed E-state index contributed by atoms with van der Waals surface area (Å²) in [5.41, 5.74) is 1.04. The van der Waals surface area contributed by atoms with Gasteiger partial charge in [-0.3, -0.25) is 9.59 Å². The van der Waals surface area contributed by atoms with Crippen LogP contribution in [-0.2, 0) is 16.0 Å². The Morgan fingerprint density at radius 3 is 2.62 bits per heavy atom. The number of likely N-dealkylation sites (N-methyl/N-ethyl adjacent to an activating group) is 1. The van der Waals surface area contributed by atoms with Crippen molar-refractivity contribution in [3.05, 3.63) is 34.9 Å². The number of benzene rings is 1. The van der Waals surface area contributed by atoms with Crippen molar-refractivity contribution in [2.45, 2.75) is 6.42 Å². The fourth-order valence-corrected chi connectivity index (χ4v) is 2.45. The fraction of sp³-hybridized carbons (Fsp3) is 0.467. The Labute approximate surface area is 129 Å². The van der Waals surface area contributed by atoms with Crippen molar-refractivity contribution in [2.24, 2.45) is 0 Å². The van der Waals surface area contributed by atoms with E-state index >= 15 is 0 Å². The van der Waals surface area contributed by atoms with Crippen molar-refractivity contribution in [3.8, 4) is 0 Å². The quantitative estimate of drug-likeness (QED) is 0.839. The van der Waals surface area contributed by atoms with Crippen molar-refractivity contribution in [1.82, 2.24) is 15.1 Å². The van der Waals surface area contributed by atoms with Gasteiger partial charge < -0.3 is 15.1 Å². The molecule has 2 amide bonds. The molecule has 1 heterocycles. The Bertz CT molecular complexity index is 513. The second kappa shape index (κ2) is 7.43. The summed E-state index contributed by atoms with van der Waals surface area (Å²) in [6.45, 7) is 3.26. The van der Waals surface area contributed by atoms with Gasteiger partial charge in [0.15, 0.2) is 0 Å². The molecule has 6 heteroatoms. The first kappa shape index (κ1) is 15.8. The van der Waals surface area contributed by atoms with E-state index in [0.29, 0.717) is 31.1 Å². The van der Waals surface area contributed by atoms with Crippen LogP contribution in [0.5, 0.6) is 0 Å². The van der Waals surface area contributed by atoms with E-state index in [4.69, 9.17) is 11.6 Å². The van der Waals surface area contributed by atoms with Crippen molar-refractivity contribution >= 4 is 23.4 Å². The van der Waals surface area contributed by atoms with E-state index < -0.39 is 11.8 Å². The van der Waals surface area contributed by atoms with Gasteiger partial charge in [-0.2, -0.15) is 0 Å². The number of halogens is 1. The topological polar surface area (TPSA) is 52.7 Å². The molecule has 1 aromatic rings. The van der Waals surface area contributed by atoms with E-state index in [1.807, 2.05) is 25.2 Å². The van der Waals surface area contributed by atoms with Crippen molar-refractivity contribution in [3.63, 3.8) is 0 Å². The van der Waals surface area contributed by atoms with E-state index in [1.54, 1.807) is 11.0 Å². The van der Waals surface area contributed by atoms with Gasteiger partial charge in [0.1, 0.15) is 0 Å². The van der Waals surface area contributed by atoms with E-state index in [-0.39, 0.29) is 0 Å². The van der Waals surface area contributed by atoms with Crippen molar-refractivity contribution < 1.29 is 9.59 Å². The third kappa shape index (κ3) is 4.72. The Morgan fingerprint density at radius 1 is 1.24 bits per heavy atom. The summed E-state index contributed by atoms with van der Waals surface area (Å²) < 4.78 is 0. The summed E-state index contributed by atoms with van der Waals surface area (Å²) in [7, 11) is 2.01. The summed E-state index contributed by atoms with van der Waals surface area (Å²) in [5, 5.41) is 3.35. The minimum absolute atomic E-state index is 0.429. The van der Waals surface area contributed by atoms with Gasteiger partial charge in [-0.25, -0.2) is 0 Å². The predicted octanol–water partition coefficient (Wildman–Crippen LogP) is 0.773. The van der Waals surface area contributed by atoms with Gasteiger partial charge in [-0.05, 0) is 31.2 Å². The van der Waals surface area contributed by atoms with Crippen LogP contribution in [0.3, 0.4) is 0 Å². The second-order valence-corrected chi connectivity index (χ2v) is 5.67. The molecule has 0 unspecified atom stereocenters. The highest BCUT2D eigenvalue weighted by Crippen LogP contribution is 2.10. The predicted molar refractivity (Wildman–Crippen MR) is 82.2 cm³/mol. The Kier molecular flexibility index (Phi) is 5.59. The molecule has 21 heavy (non-hydrogen) atoms. The molecule has 0 radical (unpaired) electrons. The average molecular weight is 310 g/mol. The van der Waals surface area contributed by atoms with Gasteiger partial charge in [0.05, 0.1) is 0 Å². The van der Waals surface area contributed by atoms with Gasteiger partial charge in [0, 0.05) is 37.7 Å². The highest BCUT2D eigenvalue weighted by Gasteiger charge is 2.24. The SMILES string of the molecule is CN1CCN(C(=O)C(=O)NCCc2cccc(Cl)c2)CC1. The molecule has 1 saturated heterocycles. The zero-order chi connectivity index (χ0) is 15.2. The average Bonchev–Trinajstić information content (AvgIpc) is 2.47. The lowest BCUT2D eigenvalue weighted by Crippen LogP contribution is -2.51. The van der Waals surface area contributed by atoms with E-state index in [0.717, 1.165) is 18.7 Å². The molecule has 114 valence electrons. The molecule has 0 aromatic heterocycles. The number of hydrogen-bond donors (Lipinski definition) is 1. The van der Waals surface area contributed by atoms with Crippen LogP contribution in [-0.4, -0.2) is 61.4 Å². The number of nitrogens with zero attached hydrogens (tertiary/aromatic N) is 2. The third-order valence-corrected chi connectivity index (χ3v) is 3.81. The number of amides is 2. The molecule has 1 fully saturated rings. The first-order valence-electron chi connectivity index (χ1n) is 7.06. The van der Waals surface area contributed by atoms with E-state index in [9.17, 15) is 9.59 Å². The van der Waals surface area contributed by atoms with Crippen LogP contribution >= 0.6 is 11.6 Å². The first-order valence-corrected chi connectivity index (χ1v) is 7.44. The van der Waals surface area contributed by atoms with Gasteiger partial charge in [-0.1, -0.05) is 23.7 Å². The molecule has 0 saturated carbocycles. The maximum Gasteiger partial charge on any atom is 0.311 e. The zero-order valence-electron chi connectivity index (χ0n) is 12.1. The van der Waals surface area contributed by atoms with Crippen molar-refractivity contribution in [1.29, 1.82) is 0 Å². The fourth-order valence-electron chi connectivity index (χ4n) is 2.24. The number of carbonyl (C=O) groups excluding carboxylic acids is 2. The first-order chi connectivity index (χ1) is 10.1. The molecule has 1 aromatic carbocycles. The lowest BCUT2D eigenvalue weighted by Gasteiger charge is -2.31. The Hall–Kier alpha value is -1.59. The van der Waals surface area contributed by atoms with Gasteiger partial charge >= 0.3 is 11.8 Å². The molecule has 1 N–H and O–H groups in total. The molecule has 0 bridgehead atoms. The smallest absolute Gasteiger partial charge is 0.311 e. The van der Waals surface area contributed by atoms with Gasteiger partial charge in [0.25, 0.3) is 0 Å². The zero-order valence-corrected chi connectivity index (χ0v) is 12.9. The second-order valence-electron chi connectivity index (χ2n) is 5.23. The van der Waals surface area contributed by atoms with E-state index in [1.165, 1.54) is 0 Å². The molecule has 5 nitrogen and oxygen atoms in total. The van der Waals surface area contributed by atoms with Gasteiger partial charge in [-0.15, -0.1) is 0 Å². The maximum absolute atomic E-state index is 12.0. The molecular formula is C15H20ClN3O2. The van der Waals surface area contributed by atoms with Crippen LogP contribution in [0.4, 0.5) is 0 Å². The summed E-state index contributed by atoms with van der Waals surface area (Å²) in [6, 6.07) is 7.48. The highest BCUT2D eigenvalue weighted by atomic mass is 35.5. The summed E-state index contributed by atoms with van der Waals surface area (Å²) in [5.74, 6) is -0.962. The summed E-state index contributed by atoms with van der Waals surface area (Å²) in [6.07, 6.45) is 0.655. The Morgan fingerprint density at radius 2 is 1.95 bits per heavy atom. The molecule has 0 atom stereocenters. The lowest BCUT2D eigenvalue weighted by atomic mass is 10.1. The summed E-state index contributed by atoms with van der Waals surface area (Å²) >= 11 is 5.90. The van der Waals surface area contributed by atoms with Crippen LogP contribution < -0.4 is 5.32 Å². The van der Waals surface area contributed by atoms with Crippen LogP contribution in [0.1, 0.15) is 5.56 Å². The molecule has 0 aliphatic carbocycles. The van der Waals surface area contributed by atoms with Crippen LogP contribution in [0, 0.1) is 0 Å². The number of hydrogen-bond acceptors (Lipinski definition) is 3. The van der Waals surface area contributed by atoms with Crippen molar-refractivity contribution in [2.75, 3.05) is 39.8 Å². The van der Waals surface area contributed by atoms with Crippen LogP contribution in [0.25, 0.3) is 0 Å². The normalized spacial score (nSPS) is 15.8. The Balaban J connectivity index is 1.75. The number of piperazine rings is 1. The highest BCUT2D eigenvalue weighted by molar-refractivity contribution is 6.35. The minimum atomic E-state index is -0.526. The summed E-state index contributed by atoms with van der Waals surface area (Å²) in [4.78, 5) is 27.6. The van der Waals surface area contributed by atoms with Gasteiger partial charge in [0.2, 0.25) is 0 Å². The van der Waals surface area contributed by atoms with Crippen LogP contribution in [0.2, 0.25) is 5.02 Å². The lowest BCUT2D eigenvalue weighted by molar-refractivity contribution is -0.146. The minimum Gasteiger partial charge on any atom is -0.347 e. The molecule has 0 spiro atoms. The molecule has 2 rings (SSSR count). The number of nitrogens with one attached hydrogen (secondary N) is 1. The largest absolute Gasteiger partial charge is 0.347 e. The molecular weight excluding hydrogens is 290 g/mol. The molecule has 1 aliphatic rings. The standard InChI is InChI=1S/C15H20ClN3O2/c1-18-7-9-19(10-8-18)15(21)14(20)17-6-5-12-3-2-4-13(16)11-12/h2-4,11H,5-10H2,1H3,(H,17,20). The number of rotatable bonds is 3. The third-order valence-electron chi connectivity index (χ3n) is 3.57. The monoisotopic (exact) mass is 309 g/mol. The number of carbonyl (C=O) groups is 2.